The smallest absolute Gasteiger partial charge is 0.243 e. The van der Waals surface area contributed by atoms with E-state index in [2.05, 4.69) is 5.32 Å². The van der Waals surface area contributed by atoms with Crippen LogP contribution in [-0.4, -0.2) is 25.1 Å². The summed E-state index contributed by atoms with van der Waals surface area (Å²) in [5, 5.41) is 3.52. The lowest BCUT2D eigenvalue weighted by Gasteiger charge is -2.34. The number of anilines is 3. The van der Waals surface area contributed by atoms with Crippen molar-refractivity contribution in [3.05, 3.63) is 47.0 Å². The van der Waals surface area contributed by atoms with Crippen LogP contribution in [0.3, 0.4) is 0 Å². The van der Waals surface area contributed by atoms with Gasteiger partial charge in [-0.25, -0.2) is 0 Å². The summed E-state index contributed by atoms with van der Waals surface area (Å²) in [4.78, 5) is 14.5. The normalized spacial score (nSPS) is 16.3. The van der Waals surface area contributed by atoms with Crippen molar-refractivity contribution >= 4 is 34.6 Å². The van der Waals surface area contributed by atoms with Crippen LogP contribution < -0.4 is 20.7 Å². The van der Waals surface area contributed by atoms with Crippen LogP contribution >= 0.6 is 11.6 Å². The number of rotatable bonds is 3. The average molecular weight is 346 g/mol. The molecule has 0 bridgehead atoms. The van der Waals surface area contributed by atoms with Gasteiger partial charge in [-0.1, -0.05) is 17.7 Å². The number of nitrogens with one attached hydrogen (secondary N) is 1. The van der Waals surface area contributed by atoms with E-state index in [1.54, 1.807) is 18.2 Å². The van der Waals surface area contributed by atoms with Gasteiger partial charge in [-0.2, -0.15) is 0 Å². The number of fused-ring (bicyclic) bond motifs is 1. The van der Waals surface area contributed by atoms with Crippen molar-refractivity contribution in [3.8, 4) is 5.75 Å². The highest BCUT2D eigenvalue weighted by atomic mass is 35.5. The summed E-state index contributed by atoms with van der Waals surface area (Å²) in [7, 11) is 0. The van der Waals surface area contributed by atoms with E-state index in [1.165, 1.54) is 0 Å². The molecule has 0 saturated heterocycles. The number of nitrogen functional groups attached to an aromatic ring is 1. The van der Waals surface area contributed by atoms with Gasteiger partial charge in [0.15, 0.2) is 0 Å². The van der Waals surface area contributed by atoms with Gasteiger partial charge >= 0.3 is 0 Å². The van der Waals surface area contributed by atoms with Crippen molar-refractivity contribution < 1.29 is 9.53 Å². The summed E-state index contributed by atoms with van der Waals surface area (Å²) in [6, 6.07) is 10.9. The van der Waals surface area contributed by atoms with Crippen LogP contribution in [0.15, 0.2) is 36.4 Å². The summed E-state index contributed by atoms with van der Waals surface area (Å²) in [5.74, 6) is 0.609. The predicted molar refractivity (Wildman–Crippen MR) is 98.0 cm³/mol. The Morgan fingerprint density at radius 3 is 2.96 bits per heavy atom. The van der Waals surface area contributed by atoms with Crippen molar-refractivity contribution in [1.82, 2.24) is 0 Å². The van der Waals surface area contributed by atoms with E-state index in [1.807, 2.05) is 36.9 Å². The Labute approximate surface area is 146 Å². The zero-order valence-electron chi connectivity index (χ0n) is 13.7. The lowest BCUT2D eigenvalue weighted by atomic mass is 10.1. The molecule has 1 heterocycles. The maximum Gasteiger partial charge on any atom is 0.243 e. The molecule has 3 N–H and O–H groups in total. The van der Waals surface area contributed by atoms with E-state index < -0.39 is 0 Å². The second-order valence-corrected chi connectivity index (χ2v) is 6.48. The molecule has 0 spiro atoms. The van der Waals surface area contributed by atoms with Gasteiger partial charge in [0.25, 0.3) is 0 Å². The number of nitrogens with zero attached hydrogens (tertiary/aromatic N) is 1. The molecule has 0 saturated carbocycles. The van der Waals surface area contributed by atoms with E-state index >= 15 is 0 Å². The van der Waals surface area contributed by atoms with Gasteiger partial charge in [0.1, 0.15) is 11.9 Å². The number of nitrogens with two attached hydrogens (primary N) is 1. The molecule has 0 aliphatic carbocycles. The molecule has 3 rings (SSSR count). The Morgan fingerprint density at radius 2 is 2.17 bits per heavy atom. The van der Waals surface area contributed by atoms with Crippen LogP contribution in [0.1, 0.15) is 12.5 Å². The van der Waals surface area contributed by atoms with Crippen LogP contribution in [0.4, 0.5) is 17.1 Å². The first kappa shape index (κ1) is 16.5. The quantitative estimate of drug-likeness (QED) is 0.836. The lowest BCUT2D eigenvalue weighted by Crippen LogP contribution is -2.42. The number of carbonyl (C=O) groups excluding carboxylic acids is 1. The maximum atomic E-state index is 12.5. The fraction of sp³-hybridized carbons (Fsp3) is 0.278. The van der Waals surface area contributed by atoms with Crippen LogP contribution in [-0.2, 0) is 4.79 Å². The highest BCUT2D eigenvalue weighted by Crippen LogP contribution is 2.34. The number of amides is 1. The van der Waals surface area contributed by atoms with Crippen molar-refractivity contribution in [1.29, 1.82) is 0 Å². The Hall–Kier alpha value is -2.40. The Kier molecular flexibility index (Phi) is 4.53. The van der Waals surface area contributed by atoms with Gasteiger partial charge in [-0.3, -0.25) is 4.79 Å². The van der Waals surface area contributed by atoms with Gasteiger partial charge in [0.2, 0.25) is 5.91 Å². The molecule has 1 amide bonds. The molecule has 1 atom stereocenters. The monoisotopic (exact) mass is 345 g/mol. The second-order valence-electron chi connectivity index (χ2n) is 6.04. The zero-order valence-corrected chi connectivity index (χ0v) is 14.4. The molecule has 1 aliphatic rings. The van der Waals surface area contributed by atoms with E-state index in [-0.39, 0.29) is 18.6 Å². The van der Waals surface area contributed by atoms with E-state index in [0.717, 1.165) is 16.9 Å². The lowest BCUT2D eigenvalue weighted by molar-refractivity contribution is -0.115. The third-order valence-corrected chi connectivity index (χ3v) is 4.17. The largest absolute Gasteiger partial charge is 0.487 e. The minimum Gasteiger partial charge on any atom is -0.487 e. The van der Waals surface area contributed by atoms with Crippen molar-refractivity contribution in [2.45, 2.75) is 20.0 Å². The number of benzene rings is 2. The topological polar surface area (TPSA) is 67.6 Å². The minimum atomic E-state index is -0.0998. The molecular formula is C18H20ClN3O2. The number of hydrogen-bond donors (Lipinski definition) is 2. The van der Waals surface area contributed by atoms with E-state index in [9.17, 15) is 4.79 Å². The second kappa shape index (κ2) is 6.61. The molecule has 2 aromatic carbocycles. The van der Waals surface area contributed by atoms with E-state index in [0.29, 0.717) is 23.0 Å². The van der Waals surface area contributed by atoms with Crippen molar-refractivity contribution in [2.24, 2.45) is 0 Å². The molecule has 0 aromatic heterocycles. The Morgan fingerprint density at radius 1 is 1.38 bits per heavy atom. The highest BCUT2D eigenvalue weighted by Gasteiger charge is 2.24. The SMILES string of the molecule is Cc1ccc(Cl)cc1NC(=O)CN1CC(C)Oc2cc(N)ccc21. The number of ether oxygens (including phenoxy) is 1. The van der Waals surface area contributed by atoms with E-state index in [4.69, 9.17) is 22.1 Å². The first-order valence-electron chi connectivity index (χ1n) is 7.79. The first-order valence-corrected chi connectivity index (χ1v) is 8.17. The maximum absolute atomic E-state index is 12.5. The number of hydrogen-bond acceptors (Lipinski definition) is 4. The molecule has 1 unspecified atom stereocenters. The summed E-state index contributed by atoms with van der Waals surface area (Å²) in [5.41, 5.74) is 9.03. The predicted octanol–water partition coefficient (Wildman–Crippen LogP) is 3.46. The summed E-state index contributed by atoms with van der Waals surface area (Å²) in [6.07, 6.45) is -0.0139. The van der Waals surface area contributed by atoms with Crippen LogP contribution in [0, 0.1) is 6.92 Å². The third-order valence-electron chi connectivity index (χ3n) is 3.94. The van der Waals surface area contributed by atoms with Crippen LogP contribution in [0.5, 0.6) is 5.75 Å². The van der Waals surface area contributed by atoms with Gasteiger partial charge in [-0.05, 0) is 43.7 Å². The molecule has 24 heavy (non-hydrogen) atoms. The molecule has 0 fully saturated rings. The third kappa shape index (κ3) is 3.57. The minimum absolute atomic E-state index is 0.0139. The Bertz CT molecular complexity index is 779. The highest BCUT2D eigenvalue weighted by molar-refractivity contribution is 6.31. The summed E-state index contributed by atoms with van der Waals surface area (Å²) >= 11 is 6.00. The van der Waals surface area contributed by atoms with Gasteiger partial charge in [0.05, 0.1) is 18.8 Å². The molecular weight excluding hydrogens is 326 g/mol. The van der Waals surface area contributed by atoms with Crippen molar-refractivity contribution in [3.63, 3.8) is 0 Å². The first-order chi connectivity index (χ1) is 11.4. The molecule has 2 aromatic rings. The van der Waals surface area contributed by atoms with Crippen LogP contribution in [0.25, 0.3) is 0 Å². The van der Waals surface area contributed by atoms with Gasteiger partial charge in [-0.15, -0.1) is 0 Å². The molecule has 0 radical (unpaired) electrons. The summed E-state index contributed by atoms with van der Waals surface area (Å²) < 4.78 is 5.81. The standard InChI is InChI=1S/C18H20ClN3O2/c1-11-3-4-13(19)7-15(11)21-18(23)10-22-9-12(2)24-17-8-14(20)5-6-16(17)22/h3-8,12H,9-10,20H2,1-2H3,(H,21,23). The fourth-order valence-corrected chi connectivity index (χ4v) is 2.96. The molecule has 6 heteroatoms. The van der Waals surface area contributed by atoms with Crippen LogP contribution in [0.2, 0.25) is 5.02 Å². The fourth-order valence-electron chi connectivity index (χ4n) is 2.79. The Balaban J connectivity index is 1.76. The van der Waals surface area contributed by atoms with Crippen molar-refractivity contribution in [2.75, 3.05) is 29.0 Å². The molecule has 1 aliphatic heterocycles. The molecule has 5 nitrogen and oxygen atoms in total. The number of carbonyl (C=O) groups is 1. The number of aryl methyl sites for hydroxylation is 1. The summed E-state index contributed by atoms with van der Waals surface area (Å²) in [6.45, 7) is 4.77. The molecule has 126 valence electrons. The average Bonchev–Trinajstić information content (AvgIpc) is 2.50. The van der Waals surface area contributed by atoms with Gasteiger partial charge in [0, 0.05) is 22.5 Å². The van der Waals surface area contributed by atoms with Gasteiger partial charge < -0.3 is 20.7 Å². The zero-order chi connectivity index (χ0) is 17.3. The number of halogens is 1.